The molecule has 0 saturated carbocycles. The minimum absolute atomic E-state index is 0.604. The van der Waals surface area contributed by atoms with Gasteiger partial charge in [-0.25, -0.2) is 4.21 Å². The molecule has 18 heavy (non-hydrogen) atoms. The van der Waals surface area contributed by atoms with Gasteiger partial charge in [0.15, 0.2) is 11.1 Å². The molecule has 94 valence electrons. The topological polar surface area (TPSA) is 49.7 Å². The zero-order valence-corrected chi connectivity index (χ0v) is 11.1. The predicted molar refractivity (Wildman–Crippen MR) is 73.6 cm³/mol. The quantitative estimate of drug-likeness (QED) is 0.790. The van der Waals surface area contributed by atoms with Gasteiger partial charge in [0.25, 0.3) is 0 Å². The van der Waals surface area contributed by atoms with E-state index in [1.807, 2.05) is 19.2 Å². The van der Waals surface area contributed by atoms with Gasteiger partial charge >= 0.3 is 0 Å². The van der Waals surface area contributed by atoms with E-state index in [2.05, 4.69) is 11.1 Å². The van der Waals surface area contributed by atoms with E-state index in [0.717, 1.165) is 41.5 Å². The fourth-order valence-corrected chi connectivity index (χ4v) is 3.59. The van der Waals surface area contributed by atoms with Crippen molar-refractivity contribution in [2.24, 2.45) is 4.99 Å². The van der Waals surface area contributed by atoms with Gasteiger partial charge in [0.05, 0.1) is 11.4 Å². The van der Waals surface area contributed by atoms with Crippen molar-refractivity contribution in [3.8, 4) is 0 Å². The molecule has 1 unspecified atom stereocenters. The third kappa shape index (κ3) is 1.85. The van der Waals surface area contributed by atoms with E-state index in [1.165, 1.54) is 5.56 Å². The SMILES string of the molecule is CC1=Cc2c(cc3c(c2S(=O)O)CCC3)C=NC1. The van der Waals surface area contributed by atoms with Gasteiger partial charge in [-0.2, -0.15) is 0 Å². The summed E-state index contributed by atoms with van der Waals surface area (Å²) in [6.07, 6.45) is 6.82. The molecule has 1 aliphatic carbocycles. The number of fused-ring (bicyclic) bond motifs is 2. The number of benzene rings is 1. The zero-order valence-electron chi connectivity index (χ0n) is 10.3. The Balaban J connectivity index is 2.35. The standard InChI is InChI=1S/C14H15NO2S/c1-9-5-13-11(8-15-7-9)6-10-3-2-4-12(10)14(13)18(16)17/h5-6,8H,2-4,7H2,1H3,(H,16,17). The van der Waals surface area contributed by atoms with Crippen molar-refractivity contribution in [3.63, 3.8) is 0 Å². The summed E-state index contributed by atoms with van der Waals surface area (Å²) >= 11 is -1.93. The fourth-order valence-electron chi connectivity index (χ4n) is 2.78. The number of hydrogen-bond acceptors (Lipinski definition) is 2. The third-order valence-electron chi connectivity index (χ3n) is 3.56. The van der Waals surface area contributed by atoms with E-state index in [-0.39, 0.29) is 0 Å². The van der Waals surface area contributed by atoms with E-state index in [0.29, 0.717) is 11.4 Å². The van der Waals surface area contributed by atoms with Crippen LogP contribution in [-0.2, 0) is 23.9 Å². The van der Waals surface area contributed by atoms with Crippen molar-refractivity contribution in [1.29, 1.82) is 0 Å². The van der Waals surface area contributed by atoms with Crippen LogP contribution in [0.1, 0.15) is 35.6 Å². The molecule has 2 aliphatic rings. The highest BCUT2D eigenvalue weighted by molar-refractivity contribution is 7.79. The van der Waals surface area contributed by atoms with Crippen molar-refractivity contribution in [2.45, 2.75) is 31.1 Å². The van der Waals surface area contributed by atoms with Gasteiger partial charge in [-0.1, -0.05) is 11.6 Å². The number of nitrogens with zero attached hydrogens (tertiary/aromatic N) is 1. The van der Waals surface area contributed by atoms with Gasteiger partial charge in [-0.15, -0.1) is 0 Å². The van der Waals surface area contributed by atoms with Crippen molar-refractivity contribution < 1.29 is 8.76 Å². The Kier molecular flexibility index (Phi) is 2.92. The first-order chi connectivity index (χ1) is 8.66. The molecule has 0 amide bonds. The monoisotopic (exact) mass is 261 g/mol. The van der Waals surface area contributed by atoms with Gasteiger partial charge < -0.3 is 4.55 Å². The molecule has 0 fully saturated rings. The number of hydrogen-bond donors (Lipinski definition) is 1. The molecule has 0 radical (unpaired) electrons. The normalized spacial score (nSPS) is 18.9. The summed E-state index contributed by atoms with van der Waals surface area (Å²) in [5.74, 6) is 0. The number of aliphatic imine (C=N–C) groups is 1. The first kappa shape index (κ1) is 11.8. The Morgan fingerprint density at radius 3 is 3.00 bits per heavy atom. The summed E-state index contributed by atoms with van der Waals surface area (Å²) in [7, 11) is 0. The molecule has 0 saturated heterocycles. The van der Waals surface area contributed by atoms with Gasteiger partial charge in [0.1, 0.15) is 0 Å². The molecule has 1 aromatic rings. The lowest BCUT2D eigenvalue weighted by molar-refractivity contribution is 0.563. The van der Waals surface area contributed by atoms with E-state index in [1.54, 1.807) is 0 Å². The molecule has 1 aliphatic heterocycles. The summed E-state index contributed by atoms with van der Waals surface area (Å²) in [6.45, 7) is 2.67. The maximum absolute atomic E-state index is 11.7. The first-order valence-electron chi connectivity index (χ1n) is 6.13. The summed E-state index contributed by atoms with van der Waals surface area (Å²) in [6, 6.07) is 2.13. The molecule has 1 N–H and O–H groups in total. The third-order valence-corrected chi connectivity index (χ3v) is 4.37. The van der Waals surface area contributed by atoms with Crippen LogP contribution < -0.4 is 0 Å². The van der Waals surface area contributed by atoms with Crippen LogP contribution in [0.3, 0.4) is 0 Å². The van der Waals surface area contributed by atoms with Crippen LogP contribution in [0.25, 0.3) is 6.08 Å². The maximum Gasteiger partial charge on any atom is 0.187 e. The lowest BCUT2D eigenvalue weighted by atomic mass is 9.99. The predicted octanol–water partition coefficient (Wildman–Crippen LogP) is 2.59. The Hall–Kier alpha value is -1.26. The molecule has 3 nitrogen and oxygen atoms in total. The average Bonchev–Trinajstić information content (AvgIpc) is 2.68. The van der Waals surface area contributed by atoms with Gasteiger partial charge in [0.2, 0.25) is 0 Å². The van der Waals surface area contributed by atoms with Crippen LogP contribution in [0.15, 0.2) is 21.5 Å². The van der Waals surface area contributed by atoms with Crippen LogP contribution in [0.5, 0.6) is 0 Å². The van der Waals surface area contributed by atoms with Crippen LogP contribution in [0, 0.1) is 0 Å². The van der Waals surface area contributed by atoms with Crippen molar-refractivity contribution >= 4 is 23.4 Å². The first-order valence-corrected chi connectivity index (χ1v) is 7.24. The molecule has 0 bridgehead atoms. The molecule has 0 spiro atoms. The molecule has 1 aromatic carbocycles. The van der Waals surface area contributed by atoms with Crippen LogP contribution in [-0.4, -0.2) is 21.5 Å². The molecule has 3 rings (SSSR count). The molecule has 1 atom stereocenters. The zero-order chi connectivity index (χ0) is 12.7. The van der Waals surface area contributed by atoms with Crippen LogP contribution in [0.2, 0.25) is 0 Å². The lowest BCUT2D eigenvalue weighted by Crippen LogP contribution is -2.03. The van der Waals surface area contributed by atoms with E-state index >= 15 is 0 Å². The summed E-state index contributed by atoms with van der Waals surface area (Å²) in [4.78, 5) is 4.95. The molecular formula is C14H15NO2S. The summed E-state index contributed by atoms with van der Waals surface area (Å²) < 4.78 is 21.3. The minimum atomic E-state index is -1.93. The molecule has 0 aromatic heterocycles. The van der Waals surface area contributed by atoms with Crippen LogP contribution >= 0.6 is 0 Å². The fraction of sp³-hybridized carbons (Fsp3) is 0.357. The maximum atomic E-state index is 11.7. The van der Waals surface area contributed by atoms with E-state index in [4.69, 9.17) is 0 Å². The van der Waals surface area contributed by atoms with Crippen molar-refractivity contribution in [3.05, 3.63) is 33.9 Å². The molecule has 4 heteroatoms. The van der Waals surface area contributed by atoms with Gasteiger partial charge in [-0.05, 0) is 43.4 Å². The minimum Gasteiger partial charge on any atom is -0.302 e. The highest BCUT2D eigenvalue weighted by Crippen LogP contribution is 2.33. The largest absolute Gasteiger partial charge is 0.302 e. The Morgan fingerprint density at radius 1 is 1.39 bits per heavy atom. The average molecular weight is 261 g/mol. The number of rotatable bonds is 1. The number of aryl methyl sites for hydroxylation is 1. The Bertz CT molecular complexity index is 602. The second-order valence-corrected chi connectivity index (χ2v) is 5.82. The van der Waals surface area contributed by atoms with Crippen molar-refractivity contribution in [1.82, 2.24) is 0 Å². The summed E-state index contributed by atoms with van der Waals surface area (Å²) in [5.41, 5.74) is 5.27. The lowest BCUT2D eigenvalue weighted by Gasteiger charge is -2.12. The van der Waals surface area contributed by atoms with E-state index < -0.39 is 11.1 Å². The van der Waals surface area contributed by atoms with Gasteiger partial charge in [-0.3, -0.25) is 4.99 Å². The second kappa shape index (κ2) is 4.44. The van der Waals surface area contributed by atoms with Crippen LogP contribution in [0.4, 0.5) is 0 Å². The second-order valence-electron chi connectivity index (χ2n) is 4.91. The highest BCUT2D eigenvalue weighted by Gasteiger charge is 2.23. The Morgan fingerprint density at radius 2 is 2.22 bits per heavy atom. The molecule has 1 heterocycles. The Labute approximate surface area is 109 Å². The highest BCUT2D eigenvalue weighted by atomic mass is 32.2. The van der Waals surface area contributed by atoms with Crippen molar-refractivity contribution in [2.75, 3.05) is 6.54 Å². The smallest absolute Gasteiger partial charge is 0.187 e. The van der Waals surface area contributed by atoms with E-state index in [9.17, 15) is 8.76 Å². The molecular weight excluding hydrogens is 246 g/mol. The summed E-state index contributed by atoms with van der Waals surface area (Å²) in [5, 5.41) is 0. The van der Waals surface area contributed by atoms with Gasteiger partial charge in [0, 0.05) is 17.3 Å².